The fourth-order valence-electron chi connectivity index (χ4n) is 4.23. The van der Waals surface area contributed by atoms with Gasteiger partial charge in [-0.1, -0.05) is 20.8 Å². The van der Waals surface area contributed by atoms with Gasteiger partial charge >= 0.3 is 0 Å². The van der Waals surface area contributed by atoms with Crippen LogP contribution in [0.3, 0.4) is 0 Å². The van der Waals surface area contributed by atoms with Crippen LogP contribution in [0.25, 0.3) is 0 Å². The number of hydrogen-bond donors (Lipinski definition) is 0. The molecule has 0 unspecified atom stereocenters. The molecule has 3 rings (SSSR count). The fraction of sp³-hybridized carbons (Fsp3) is 1.00. The summed E-state index contributed by atoms with van der Waals surface area (Å²) < 4.78 is 6.35. The minimum Gasteiger partial charge on any atom is -0.360 e. The summed E-state index contributed by atoms with van der Waals surface area (Å²) in [5, 5.41) is 0. The third-order valence-electron chi connectivity index (χ3n) is 5.73. The summed E-state index contributed by atoms with van der Waals surface area (Å²) in [6.07, 6.45) is 4.54. The molecule has 4 atom stereocenters. The van der Waals surface area contributed by atoms with Crippen LogP contribution in [-0.4, -0.2) is 16.8 Å². The van der Waals surface area contributed by atoms with Crippen LogP contribution in [0.4, 0.5) is 0 Å². The molecule has 1 spiro atoms. The zero-order valence-electron chi connectivity index (χ0n) is 10.3. The Balaban J connectivity index is 2.02. The van der Waals surface area contributed by atoms with Crippen molar-refractivity contribution in [3.63, 3.8) is 0 Å². The molecule has 1 nitrogen and oxygen atoms in total. The van der Waals surface area contributed by atoms with Crippen LogP contribution in [0, 0.1) is 16.7 Å². The van der Waals surface area contributed by atoms with Gasteiger partial charge in [0.2, 0.25) is 0 Å². The first kappa shape index (κ1) is 10.5. The highest BCUT2D eigenvalue weighted by atomic mass is 32.2. The zero-order valence-corrected chi connectivity index (χ0v) is 11.1. The highest BCUT2D eigenvalue weighted by Crippen LogP contribution is 2.74. The third-order valence-corrected chi connectivity index (χ3v) is 7.55. The van der Waals surface area contributed by atoms with Crippen molar-refractivity contribution >= 4 is 11.8 Å². The Labute approximate surface area is 97.3 Å². The third kappa shape index (κ3) is 1.01. The number of fused-ring (bicyclic) bond motifs is 3. The van der Waals surface area contributed by atoms with Crippen molar-refractivity contribution in [3.05, 3.63) is 0 Å². The van der Waals surface area contributed by atoms with Gasteiger partial charge in [-0.2, -0.15) is 0 Å². The van der Waals surface area contributed by atoms with Gasteiger partial charge in [0.15, 0.2) is 0 Å². The second-order valence-corrected chi connectivity index (χ2v) is 7.77. The molecule has 86 valence electrons. The van der Waals surface area contributed by atoms with Crippen LogP contribution in [-0.2, 0) is 4.74 Å². The van der Waals surface area contributed by atoms with Crippen molar-refractivity contribution in [2.24, 2.45) is 16.7 Å². The first-order chi connectivity index (χ1) is 6.91. The molecular weight excluding hydrogens is 204 g/mol. The summed E-state index contributed by atoms with van der Waals surface area (Å²) in [6.45, 7) is 9.63. The number of thioether (sulfide) groups is 1. The Hall–Kier alpha value is 0.310. The van der Waals surface area contributed by atoms with Crippen molar-refractivity contribution in [1.29, 1.82) is 0 Å². The second-order valence-electron chi connectivity index (χ2n) is 6.49. The average molecular weight is 226 g/mol. The zero-order chi connectivity index (χ0) is 10.9. The molecule has 15 heavy (non-hydrogen) atoms. The van der Waals surface area contributed by atoms with Gasteiger partial charge in [-0.05, 0) is 37.5 Å². The van der Waals surface area contributed by atoms with Crippen LogP contribution in [0.2, 0.25) is 0 Å². The molecule has 3 fully saturated rings. The lowest BCUT2D eigenvalue weighted by molar-refractivity contribution is -0.0852. The fourth-order valence-corrected chi connectivity index (χ4v) is 6.03. The van der Waals surface area contributed by atoms with Gasteiger partial charge in [0, 0.05) is 11.2 Å². The topological polar surface area (TPSA) is 9.23 Å². The van der Waals surface area contributed by atoms with Crippen molar-refractivity contribution in [3.8, 4) is 0 Å². The Kier molecular flexibility index (Phi) is 1.92. The van der Waals surface area contributed by atoms with E-state index in [1.165, 1.54) is 25.0 Å². The molecule has 2 bridgehead atoms. The van der Waals surface area contributed by atoms with Gasteiger partial charge in [-0.3, -0.25) is 0 Å². The van der Waals surface area contributed by atoms with Crippen molar-refractivity contribution < 1.29 is 4.74 Å². The molecular formula is C13H22OS. The standard InChI is InChI=1S/C13H22OS/c1-9-8-15-13(14-9)7-10-5-6-12(13,4)11(10,2)3/h9-10H,5-8H2,1-4H3/t9-,10+,12+,13+/m0/s1. The van der Waals surface area contributed by atoms with Crippen molar-refractivity contribution in [1.82, 2.24) is 0 Å². The SMILES string of the molecule is C[C@H]1CS[C@@]2(C[C@H]3CC[C@]2(C)C3(C)C)O1. The quantitative estimate of drug-likeness (QED) is 0.623. The first-order valence-corrected chi connectivity index (χ1v) is 7.22. The van der Waals surface area contributed by atoms with Crippen molar-refractivity contribution in [2.75, 3.05) is 5.75 Å². The van der Waals surface area contributed by atoms with Crippen LogP contribution >= 0.6 is 11.8 Å². The Bertz CT molecular complexity index is 301. The molecule has 1 saturated heterocycles. The van der Waals surface area contributed by atoms with Gasteiger partial charge < -0.3 is 4.74 Å². The monoisotopic (exact) mass is 226 g/mol. The lowest BCUT2D eigenvalue weighted by atomic mass is 9.69. The first-order valence-electron chi connectivity index (χ1n) is 6.23. The molecule has 3 aliphatic rings. The summed E-state index contributed by atoms with van der Waals surface area (Å²) in [5.41, 5.74) is 0.879. The highest BCUT2D eigenvalue weighted by molar-refractivity contribution is 8.00. The normalized spacial score (nSPS) is 56.8. The summed E-state index contributed by atoms with van der Waals surface area (Å²) in [4.78, 5) is 0.166. The van der Waals surface area contributed by atoms with Crippen LogP contribution in [0.15, 0.2) is 0 Å². The van der Waals surface area contributed by atoms with E-state index in [0.29, 0.717) is 16.9 Å². The Morgan fingerprint density at radius 1 is 1.27 bits per heavy atom. The summed E-state index contributed by atoms with van der Waals surface area (Å²) in [6, 6.07) is 0. The molecule has 0 amide bonds. The van der Waals surface area contributed by atoms with Crippen molar-refractivity contribution in [2.45, 2.75) is 58.0 Å². The van der Waals surface area contributed by atoms with E-state index in [2.05, 4.69) is 39.5 Å². The van der Waals surface area contributed by atoms with E-state index in [-0.39, 0.29) is 4.93 Å². The highest BCUT2D eigenvalue weighted by Gasteiger charge is 2.71. The summed E-state index contributed by atoms with van der Waals surface area (Å²) >= 11 is 2.10. The predicted molar refractivity (Wildman–Crippen MR) is 65.0 cm³/mol. The van der Waals surface area contributed by atoms with Gasteiger partial charge in [-0.25, -0.2) is 0 Å². The van der Waals surface area contributed by atoms with Gasteiger partial charge in [0.1, 0.15) is 4.93 Å². The minimum absolute atomic E-state index is 0.166. The van der Waals surface area contributed by atoms with E-state index < -0.39 is 0 Å². The van der Waals surface area contributed by atoms with Crippen LogP contribution in [0.1, 0.15) is 47.0 Å². The lowest BCUT2D eigenvalue weighted by Gasteiger charge is -2.45. The molecule has 1 heterocycles. The maximum atomic E-state index is 6.35. The molecule has 2 saturated carbocycles. The van der Waals surface area contributed by atoms with E-state index in [9.17, 15) is 0 Å². The van der Waals surface area contributed by atoms with Gasteiger partial charge in [0.25, 0.3) is 0 Å². The molecule has 0 aromatic carbocycles. The summed E-state index contributed by atoms with van der Waals surface area (Å²) in [7, 11) is 0. The molecule has 2 aliphatic carbocycles. The average Bonchev–Trinajstić information content (AvgIpc) is 2.66. The molecule has 0 aromatic heterocycles. The van der Waals surface area contributed by atoms with E-state index >= 15 is 0 Å². The van der Waals surface area contributed by atoms with Crippen LogP contribution < -0.4 is 0 Å². The predicted octanol–water partition coefficient (Wildman–Crippen LogP) is 3.68. The van der Waals surface area contributed by atoms with Gasteiger partial charge in [-0.15, -0.1) is 11.8 Å². The smallest absolute Gasteiger partial charge is 0.120 e. The maximum absolute atomic E-state index is 6.35. The largest absolute Gasteiger partial charge is 0.360 e. The second kappa shape index (κ2) is 2.76. The molecule has 1 aliphatic heterocycles. The Morgan fingerprint density at radius 3 is 2.40 bits per heavy atom. The van der Waals surface area contributed by atoms with E-state index in [4.69, 9.17) is 4.74 Å². The number of hydrogen-bond acceptors (Lipinski definition) is 2. The van der Waals surface area contributed by atoms with Crippen LogP contribution in [0.5, 0.6) is 0 Å². The molecule has 0 N–H and O–H groups in total. The minimum atomic E-state index is 0.166. The molecule has 2 heteroatoms. The summed E-state index contributed by atoms with van der Waals surface area (Å²) in [5.74, 6) is 2.08. The lowest BCUT2D eigenvalue weighted by Crippen LogP contribution is -2.45. The Morgan fingerprint density at radius 2 is 2.00 bits per heavy atom. The number of rotatable bonds is 0. The van der Waals surface area contributed by atoms with E-state index in [1.54, 1.807) is 0 Å². The molecule has 0 aromatic rings. The maximum Gasteiger partial charge on any atom is 0.120 e. The molecule has 0 radical (unpaired) electrons. The van der Waals surface area contributed by atoms with E-state index in [0.717, 1.165) is 5.92 Å². The van der Waals surface area contributed by atoms with E-state index in [1.807, 2.05) is 0 Å². The number of ether oxygens (including phenoxy) is 1. The van der Waals surface area contributed by atoms with Gasteiger partial charge in [0.05, 0.1) is 6.10 Å².